The van der Waals surface area contributed by atoms with E-state index in [-0.39, 0.29) is 17.2 Å². The predicted molar refractivity (Wildman–Crippen MR) is 142 cm³/mol. The summed E-state index contributed by atoms with van der Waals surface area (Å²) < 4.78 is 14.1. The second-order valence-electron chi connectivity index (χ2n) is 11.2. The van der Waals surface area contributed by atoms with Crippen LogP contribution in [0.25, 0.3) is 21.3 Å². The fourth-order valence-electron chi connectivity index (χ4n) is 4.10. The van der Waals surface area contributed by atoms with Gasteiger partial charge in [-0.25, -0.2) is 15.0 Å². The molecular weight excluding hydrogens is 460 g/mol. The van der Waals surface area contributed by atoms with Crippen LogP contribution in [0.5, 0.6) is 0 Å². The van der Waals surface area contributed by atoms with E-state index in [1.54, 1.807) is 11.3 Å². The Morgan fingerprint density at radius 3 is 2.47 bits per heavy atom. The third kappa shape index (κ3) is 5.35. The summed E-state index contributed by atoms with van der Waals surface area (Å²) in [6, 6.07) is 6.97. The van der Waals surface area contributed by atoms with Gasteiger partial charge in [0, 0.05) is 24.0 Å². The number of anilines is 1. The van der Waals surface area contributed by atoms with Crippen LogP contribution in [0.2, 0.25) is 18.1 Å². The van der Waals surface area contributed by atoms with Crippen LogP contribution in [0.4, 0.5) is 5.13 Å². The minimum absolute atomic E-state index is 0.129. The molecule has 6 nitrogen and oxygen atoms in total. The average Bonchev–Trinajstić information content (AvgIpc) is 3.34. The van der Waals surface area contributed by atoms with Crippen molar-refractivity contribution in [2.75, 3.05) is 5.32 Å². The Hall–Kier alpha value is -1.87. The summed E-state index contributed by atoms with van der Waals surface area (Å²) in [6.45, 7) is 11.9. The number of thiazole rings is 1. The van der Waals surface area contributed by atoms with Gasteiger partial charge < -0.3 is 14.5 Å². The van der Waals surface area contributed by atoms with Gasteiger partial charge in [0.2, 0.25) is 0 Å². The third-order valence-corrected chi connectivity index (χ3v) is 12.9. The Morgan fingerprint density at radius 1 is 1.03 bits per heavy atom. The topological polar surface area (TPSA) is 69.2 Å². The van der Waals surface area contributed by atoms with Crippen LogP contribution in [-0.4, -0.2) is 41.5 Å². The third-order valence-electron chi connectivity index (χ3n) is 7.40. The minimum Gasteiger partial charge on any atom is -0.411 e. The number of aromatic nitrogens is 3. The zero-order valence-corrected chi connectivity index (χ0v) is 22.7. The van der Waals surface area contributed by atoms with Crippen molar-refractivity contribution < 1.29 is 9.16 Å². The number of hydrogen-bond donors (Lipinski definition) is 1. The van der Waals surface area contributed by atoms with Gasteiger partial charge in [-0.1, -0.05) is 38.2 Å². The minimum atomic E-state index is -1.81. The average molecular weight is 497 g/mol. The number of nitrogens with one attached hydrogen (secondary N) is 1. The normalized spacial score (nSPS) is 21.3. The second-order valence-corrected chi connectivity index (χ2v) is 17.0. The standard InChI is InChI=1S/C26H36N4O2SSi/c1-26(2,3)34(4,5)32-22-8-6-7-21(22)31-16-24-27-14-18(15-28-24)17-9-12-20-23(13-17)33-25(30-20)29-19-10-11-19/h9,12-15,19,21-22H,6-8,10-11,16H2,1-5H3,(H,29,30)/t21-,22-/m1/s1. The first kappa shape index (κ1) is 23.8. The van der Waals surface area contributed by atoms with E-state index in [1.807, 2.05) is 12.4 Å². The molecule has 0 saturated heterocycles. The van der Waals surface area contributed by atoms with E-state index in [2.05, 4.69) is 67.3 Å². The summed E-state index contributed by atoms with van der Waals surface area (Å²) >= 11 is 1.71. The van der Waals surface area contributed by atoms with Gasteiger partial charge >= 0.3 is 0 Å². The van der Waals surface area contributed by atoms with Crippen LogP contribution in [0.1, 0.15) is 58.7 Å². The molecule has 2 heterocycles. The molecule has 0 amide bonds. The zero-order chi connectivity index (χ0) is 23.9. The number of hydrogen-bond acceptors (Lipinski definition) is 7. The van der Waals surface area contributed by atoms with Crippen molar-refractivity contribution in [1.82, 2.24) is 15.0 Å². The number of fused-ring (bicyclic) bond motifs is 1. The molecule has 1 aromatic carbocycles. The highest BCUT2D eigenvalue weighted by Crippen LogP contribution is 2.40. The Bertz CT molecular complexity index is 1140. The maximum Gasteiger partial charge on any atom is 0.192 e. The summed E-state index contributed by atoms with van der Waals surface area (Å²) in [5.41, 5.74) is 3.16. The second kappa shape index (κ2) is 9.30. The molecule has 0 aliphatic heterocycles. The lowest BCUT2D eigenvalue weighted by atomic mass is 10.1. The molecular formula is C26H36N4O2SSi. The van der Waals surface area contributed by atoms with E-state index in [9.17, 15) is 0 Å². The molecule has 5 rings (SSSR count). The maximum atomic E-state index is 6.67. The smallest absolute Gasteiger partial charge is 0.192 e. The van der Waals surface area contributed by atoms with Crippen LogP contribution in [0.15, 0.2) is 30.6 Å². The van der Waals surface area contributed by atoms with Crippen molar-refractivity contribution in [1.29, 1.82) is 0 Å². The molecule has 2 fully saturated rings. The van der Waals surface area contributed by atoms with E-state index in [1.165, 1.54) is 17.5 Å². The van der Waals surface area contributed by atoms with E-state index in [4.69, 9.17) is 14.1 Å². The monoisotopic (exact) mass is 496 g/mol. The maximum absolute atomic E-state index is 6.67. The molecule has 2 aromatic heterocycles. The summed E-state index contributed by atoms with van der Waals surface area (Å²) in [6.07, 6.45) is 9.89. The first-order valence-electron chi connectivity index (χ1n) is 12.5. The molecule has 2 saturated carbocycles. The molecule has 34 heavy (non-hydrogen) atoms. The van der Waals surface area contributed by atoms with Crippen molar-refractivity contribution in [3.05, 3.63) is 36.4 Å². The number of rotatable bonds is 8. The molecule has 8 heteroatoms. The van der Waals surface area contributed by atoms with Crippen molar-refractivity contribution >= 4 is 35.0 Å². The van der Waals surface area contributed by atoms with Crippen LogP contribution >= 0.6 is 11.3 Å². The highest BCUT2D eigenvalue weighted by molar-refractivity contribution is 7.22. The van der Waals surface area contributed by atoms with E-state index in [0.717, 1.165) is 46.9 Å². The van der Waals surface area contributed by atoms with Crippen molar-refractivity contribution in [2.45, 2.75) is 95.9 Å². The van der Waals surface area contributed by atoms with Gasteiger partial charge in [-0.15, -0.1) is 0 Å². The van der Waals surface area contributed by atoms with Crippen LogP contribution < -0.4 is 5.32 Å². The summed E-state index contributed by atoms with van der Waals surface area (Å²) in [5.74, 6) is 0.719. The zero-order valence-electron chi connectivity index (χ0n) is 20.9. The van der Waals surface area contributed by atoms with Crippen LogP contribution in [0, 0.1) is 0 Å². The molecule has 2 atom stereocenters. The highest BCUT2D eigenvalue weighted by atomic mass is 32.1. The molecule has 2 aliphatic rings. The fraction of sp³-hybridized carbons (Fsp3) is 0.577. The van der Waals surface area contributed by atoms with Crippen molar-refractivity contribution in [2.24, 2.45) is 0 Å². The number of benzene rings is 1. The van der Waals surface area contributed by atoms with Gasteiger partial charge in [-0.05, 0) is 67.9 Å². The fourth-order valence-corrected chi connectivity index (χ4v) is 6.46. The lowest BCUT2D eigenvalue weighted by molar-refractivity contribution is -0.0244. The van der Waals surface area contributed by atoms with Crippen molar-refractivity contribution in [3.8, 4) is 11.1 Å². The van der Waals surface area contributed by atoms with Crippen LogP contribution in [-0.2, 0) is 15.8 Å². The highest BCUT2D eigenvalue weighted by Gasteiger charge is 2.42. The van der Waals surface area contributed by atoms with Gasteiger partial charge in [-0.2, -0.15) is 0 Å². The number of ether oxygens (including phenoxy) is 1. The summed E-state index contributed by atoms with van der Waals surface area (Å²) in [5, 5.41) is 4.71. The molecule has 0 radical (unpaired) electrons. The molecule has 0 bridgehead atoms. The van der Waals surface area contributed by atoms with Gasteiger partial charge in [0.1, 0.15) is 6.61 Å². The Balaban J connectivity index is 1.20. The number of nitrogens with zero attached hydrogens (tertiary/aromatic N) is 3. The molecule has 1 N–H and O–H groups in total. The van der Waals surface area contributed by atoms with Gasteiger partial charge in [-0.3, -0.25) is 0 Å². The Kier molecular flexibility index (Phi) is 6.52. The van der Waals surface area contributed by atoms with E-state index < -0.39 is 8.32 Å². The largest absolute Gasteiger partial charge is 0.411 e. The quantitative estimate of drug-likeness (QED) is 0.346. The van der Waals surface area contributed by atoms with Gasteiger partial charge in [0.15, 0.2) is 19.3 Å². The summed E-state index contributed by atoms with van der Waals surface area (Å²) in [7, 11) is -1.81. The van der Waals surface area contributed by atoms with Crippen LogP contribution in [0.3, 0.4) is 0 Å². The van der Waals surface area contributed by atoms with Crippen molar-refractivity contribution in [3.63, 3.8) is 0 Å². The Labute approximate surface area is 207 Å². The predicted octanol–water partition coefficient (Wildman–Crippen LogP) is 6.79. The molecule has 2 aliphatic carbocycles. The summed E-state index contributed by atoms with van der Waals surface area (Å²) in [4.78, 5) is 13.9. The SMILES string of the molecule is CC(C)(C)[Si](C)(C)O[C@@H]1CCC[C@H]1OCc1ncc(-c2ccc3nc(NC4CC4)sc3c2)cn1. The molecule has 3 aromatic rings. The van der Waals surface area contributed by atoms with E-state index >= 15 is 0 Å². The lowest BCUT2D eigenvalue weighted by Gasteiger charge is -2.39. The molecule has 182 valence electrons. The van der Waals surface area contributed by atoms with Gasteiger partial charge in [0.25, 0.3) is 0 Å². The lowest BCUT2D eigenvalue weighted by Crippen LogP contribution is -2.46. The molecule has 0 unspecified atom stereocenters. The first-order chi connectivity index (χ1) is 16.2. The molecule has 0 spiro atoms. The van der Waals surface area contributed by atoms with Gasteiger partial charge in [0.05, 0.1) is 22.4 Å². The van der Waals surface area contributed by atoms with E-state index in [0.29, 0.717) is 12.6 Å². The first-order valence-corrected chi connectivity index (χ1v) is 16.2. The Morgan fingerprint density at radius 2 is 1.76 bits per heavy atom.